The van der Waals surface area contributed by atoms with Crippen molar-refractivity contribution >= 4 is 16.0 Å². The number of benzene rings is 2. The summed E-state index contributed by atoms with van der Waals surface area (Å²) < 4.78 is 47.4. The molecule has 1 aliphatic heterocycles. The summed E-state index contributed by atoms with van der Waals surface area (Å²) in [5.41, 5.74) is 0.568. The number of amides is 1. The summed E-state index contributed by atoms with van der Waals surface area (Å²) in [5.74, 6) is 0.894. The molecule has 1 amide bonds. The molecule has 1 saturated heterocycles. The average Bonchev–Trinajstić information content (AvgIpc) is 3.31. The Balaban J connectivity index is 1.84. The summed E-state index contributed by atoms with van der Waals surface area (Å²) in [7, 11) is -1.16. The van der Waals surface area contributed by atoms with Crippen LogP contribution >= 0.6 is 0 Å². The lowest BCUT2D eigenvalue weighted by Crippen LogP contribution is -2.38. The lowest BCUT2D eigenvalue weighted by Gasteiger charge is -2.29. The predicted molar refractivity (Wildman–Crippen MR) is 132 cm³/mol. The Bertz CT molecular complexity index is 1100. The van der Waals surface area contributed by atoms with Gasteiger partial charge in [0.25, 0.3) is 0 Å². The zero-order valence-electron chi connectivity index (χ0n) is 21.1. The van der Waals surface area contributed by atoms with Crippen LogP contribution in [-0.4, -0.2) is 52.7 Å². The molecular formula is C26H35NO7S. The molecule has 192 valence electrons. The molecule has 35 heavy (non-hydrogen) atoms. The van der Waals surface area contributed by atoms with E-state index in [9.17, 15) is 13.2 Å². The highest BCUT2D eigenvalue weighted by Gasteiger charge is 2.27. The first-order valence-electron chi connectivity index (χ1n) is 11.7. The number of nitrogens with zero attached hydrogens (tertiary/aromatic N) is 1. The van der Waals surface area contributed by atoms with Crippen molar-refractivity contribution in [2.75, 3.05) is 27.4 Å². The minimum absolute atomic E-state index is 0.00309. The maximum atomic E-state index is 13.1. The first-order valence-corrected chi connectivity index (χ1v) is 13.1. The van der Waals surface area contributed by atoms with E-state index < -0.39 is 10.1 Å². The SMILES string of the molecule is COc1ccc(S(=O)(=O)Oc2cc(CN(C[C@H]3CCCO3)C(=O)CC(C)(C)C)ccc2OC)cc1. The van der Waals surface area contributed by atoms with Crippen molar-refractivity contribution in [3.63, 3.8) is 0 Å². The van der Waals surface area contributed by atoms with Gasteiger partial charge in [0, 0.05) is 26.1 Å². The van der Waals surface area contributed by atoms with E-state index in [1.807, 2.05) is 20.8 Å². The molecule has 0 aliphatic carbocycles. The van der Waals surface area contributed by atoms with E-state index >= 15 is 0 Å². The Morgan fingerprint density at radius 3 is 2.34 bits per heavy atom. The smallest absolute Gasteiger partial charge is 0.339 e. The van der Waals surface area contributed by atoms with Gasteiger partial charge < -0.3 is 23.3 Å². The Morgan fingerprint density at radius 2 is 1.77 bits per heavy atom. The second-order valence-electron chi connectivity index (χ2n) is 9.84. The van der Waals surface area contributed by atoms with Crippen molar-refractivity contribution in [3.8, 4) is 17.2 Å². The summed E-state index contributed by atoms with van der Waals surface area (Å²) in [6.45, 7) is 7.57. The molecule has 0 aromatic heterocycles. The van der Waals surface area contributed by atoms with E-state index in [2.05, 4.69) is 0 Å². The summed E-state index contributed by atoms with van der Waals surface area (Å²) in [4.78, 5) is 14.9. The van der Waals surface area contributed by atoms with Crippen LogP contribution in [0.3, 0.4) is 0 Å². The summed E-state index contributed by atoms with van der Waals surface area (Å²) in [6.07, 6.45) is 2.29. The van der Waals surface area contributed by atoms with Gasteiger partial charge in [-0.05, 0) is 60.2 Å². The van der Waals surface area contributed by atoms with Crippen LogP contribution in [0.5, 0.6) is 17.2 Å². The van der Waals surface area contributed by atoms with Crippen LogP contribution in [0.2, 0.25) is 0 Å². The quantitative estimate of drug-likeness (QED) is 0.442. The van der Waals surface area contributed by atoms with Crippen LogP contribution < -0.4 is 13.7 Å². The van der Waals surface area contributed by atoms with E-state index in [1.54, 1.807) is 35.2 Å². The van der Waals surface area contributed by atoms with Crippen LogP contribution in [0.1, 0.15) is 45.6 Å². The molecule has 1 heterocycles. The van der Waals surface area contributed by atoms with Crippen LogP contribution in [-0.2, 0) is 26.2 Å². The number of carbonyl (C=O) groups excluding carboxylic acids is 1. The van der Waals surface area contributed by atoms with Crippen molar-refractivity contribution in [3.05, 3.63) is 48.0 Å². The van der Waals surface area contributed by atoms with E-state index in [0.717, 1.165) is 18.4 Å². The van der Waals surface area contributed by atoms with E-state index in [4.69, 9.17) is 18.4 Å². The Kier molecular flexibility index (Phi) is 8.66. The molecule has 0 spiro atoms. The summed E-state index contributed by atoms with van der Waals surface area (Å²) in [5, 5.41) is 0. The monoisotopic (exact) mass is 505 g/mol. The lowest BCUT2D eigenvalue weighted by atomic mass is 9.91. The number of rotatable bonds is 10. The average molecular weight is 506 g/mol. The molecule has 8 nitrogen and oxygen atoms in total. The van der Waals surface area contributed by atoms with Crippen molar-refractivity contribution < 1.29 is 31.6 Å². The standard InChI is InChI=1S/C26H35NO7S/c1-26(2,3)16-25(28)27(18-21-7-6-14-33-21)17-19-8-13-23(32-5)24(15-19)34-35(29,30)22-11-9-20(31-4)10-12-22/h8-13,15,21H,6-7,14,16-18H2,1-5H3/t21-/m1/s1. The highest BCUT2D eigenvalue weighted by atomic mass is 32.2. The number of methoxy groups -OCH3 is 2. The topological polar surface area (TPSA) is 91.4 Å². The second kappa shape index (κ2) is 11.3. The van der Waals surface area contributed by atoms with Crippen LogP contribution in [0.4, 0.5) is 0 Å². The third-order valence-electron chi connectivity index (χ3n) is 5.63. The molecular weight excluding hydrogens is 470 g/mol. The molecule has 1 aliphatic rings. The van der Waals surface area contributed by atoms with Gasteiger partial charge in [0.2, 0.25) is 5.91 Å². The third-order valence-corrected chi connectivity index (χ3v) is 6.88. The van der Waals surface area contributed by atoms with Crippen LogP contribution in [0.15, 0.2) is 47.4 Å². The molecule has 2 aromatic rings. The van der Waals surface area contributed by atoms with Crippen LogP contribution in [0.25, 0.3) is 0 Å². The highest BCUT2D eigenvalue weighted by Crippen LogP contribution is 2.32. The van der Waals surface area contributed by atoms with Gasteiger partial charge in [-0.2, -0.15) is 8.42 Å². The minimum Gasteiger partial charge on any atom is -0.497 e. The van der Waals surface area contributed by atoms with Gasteiger partial charge in [-0.3, -0.25) is 4.79 Å². The first-order chi connectivity index (χ1) is 16.5. The van der Waals surface area contributed by atoms with Crippen molar-refractivity contribution in [1.82, 2.24) is 4.90 Å². The lowest BCUT2D eigenvalue weighted by molar-refractivity contribution is -0.135. The molecule has 1 fully saturated rings. The zero-order valence-corrected chi connectivity index (χ0v) is 21.9. The van der Waals surface area contributed by atoms with Crippen LogP contribution in [0, 0.1) is 5.41 Å². The van der Waals surface area contributed by atoms with Gasteiger partial charge >= 0.3 is 10.1 Å². The highest BCUT2D eigenvalue weighted by molar-refractivity contribution is 7.87. The predicted octanol–water partition coefficient (Wildman–Crippen LogP) is 4.42. The van der Waals surface area contributed by atoms with E-state index in [0.29, 0.717) is 31.9 Å². The van der Waals surface area contributed by atoms with Gasteiger partial charge in [0.1, 0.15) is 10.6 Å². The number of hydrogen-bond acceptors (Lipinski definition) is 7. The molecule has 9 heteroatoms. The molecule has 3 rings (SSSR count). The van der Waals surface area contributed by atoms with Gasteiger partial charge in [-0.1, -0.05) is 26.8 Å². The molecule has 1 atom stereocenters. The first kappa shape index (κ1) is 26.8. The molecule has 0 saturated carbocycles. The molecule has 2 aromatic carbocycles. The Morgan fingerprint density at radius 1 is 1.06 bits per heavy atom. The molecule has 0 N–H and O–H groups in total. The number of hydrogen-bond donors (Lipinski definition) is 0. The number of carbonyl (C=O) groups is 1. The maximum absolute atomic E-state index is 13.1. The molecule has 0 radical (unpaired) electrons. The Labute approximate surface area is 208 Å². The molecule has 0 bridgehead atoms. The maximum Gasteiger partial charge on any atom is 0.339 e. The largest absolute Gasteiger partial charge is 0.497 e. The summed E-state index contributed by atoms with van der Waals surface area (Å²) in [6, 6.07) is 11.0. The fourth-order valence-corrected chi connectivity index (χ4v) is 4.80. The van der Waals surface area contributed by atoms with Gasteiger partial charge in [0.05, 0.1) is 20.3 Å². The van der Waals surface area contributed by atoms with E-state index in [1.165, 1.54) is 26.4 Å². The van der Waals surface area contributed by atoms with Crippen molar-refractivity contribution in [2.24, 2.45) is 5.41 Å². The second-order valence-corrected chi connectivity index (χ2v) is 11.4. The number of ether oxygens (including phenoxy) is 3. The van der Waals surface area contributed by atoms with Gasteiger partial charge in [-0.25, -0.2) is 0 Å². The molecule has 0 unspecified atom stereocenters. The van der Waals surface area contributed by atoms with Gasteiger partial charge in [0.15, 0.2) is 11.5 Å². The third kappa shape index (κ3) is 7.60. The minimum atomic E-state index is -4.11. The Hall–Kier alpha value is -2.78. The fourth-order valence-electron chi connectivity index (χ4n) is 3.87. The van der Waals surface area contributed by atoms with E-state index in [-0.39, 0.29) is 33.8 Å². The zero-order chi connectivity index (χ0) is 25.6. The summed E-state index contributed by atoms with van der Waals surface area (Å²) >= 11 is 0. The fraction of sp³-hybridized carbons (Fsp3) is 0.500. The normalized spacial score (nSPS) is 16.1. The van der Waals surface area contributed by atoms with Crippen molar-refractivity contribution in [1.29, 1.82) is 0 Å². The van der Waals surface area contributed by atoms with Crippen molar-refractivity contribution in [2.45, 2.75) is 57.6 Å². The van der Waals surface area contributed by atoms with Gasteiger partial charge in [-0.15, -0.1) is 0 Å².